The van der Waals surface area contributed by atoms with Crippen LogP contribution in [0.15, 0.2) is 82.2 Å². The van der Waals surface area contributed by atoms with Gasteiger partial charge in [-0.2, -0.15) is 0 Å². The van der Waals surface area contributed by atoms with Gasteiger partial charge in [0.25, 0.3) is 0 Å². The minimum absolute atomic E-state index is 0.000782. The first kappa shape index (κ1) is 28.3. The molecule has 1 atom stereocenters. The lowest BCUT2D eigenvalue weighted by atomic mass is 9.84. The van der Waals surface area contributed by atoms with Gasteiger partial charge in [0.15, 0.2) is 11.5 Å². The van der Waals surface area contributed by atoms with Gasteiger partial charge in [0, 0.05) is 36.0 Å². The molecule has 4 aromatic carbocycles. The third kappa shape index (κ3) is 5.10. The van der Waals surface area contributed by atoms with E-state index in [1.807, 2.05) is 36.4 Å². The van der Waals surface area contributed by atoms with Crippen molar-refractivity contribution in [2.45, 2.75) is 25.2 Å². The minimum atomic E-state index is -0.548. The quantitative estimate of drug-likeness (QED) is 0.163. The maximum Gasteiger partial charge on any atom is 0.312 e. The number of phenolic OH excluding ortho intramolecular Hbond substituents is 1. The van der Waals surface area contributed by atoms with Crippen LogP contribution in [0.5, 0.6) is 34.5 Å². The minimum Gasteiger partial charge on any atom is -0.507 e. The second kappa shape index (κ2) is 11.6. The third-order valence-electron chi connectivity index (χ3n) is 8.36. The summed E-state index contributed by atoms with van der Waals surface area (Å²) in [4.78, 5) is 26.7. The summed E-state index contributed by atoms with van der Waals surface area (Å²) in [6.45, 7) is 1.12. The fourth-order valence-electron chi connectivity index (χ4n) is 6.17. The Bertz CT molecular complexity index is 2010. The summed E-state index contributed by atoms with van der Waals surface area (Å²) in [5.41, 5.74) is 4.05. The van der Waals surface area contributed by atoms with Crippen LogP contribution in [0.25, 0.3) is 22.1 Å². The molecule has 45 heavy (non-hydrogen) atoms. The summed E-state index contributed by atoms with van der Waals surface area (Å²) in [5, 5.41) is 11.0. The van der Waals surface area contributed by atoms with Gasteiger partial charge < -0.3 is 33.2 Å². The highest BCUT2D eigenvalue weighted by molar-refractivity contribution is 5.94. The SMILES string of the molecule is COc1ccc(-c2coc3c4c(cc(O)c3c2=O)OC(=O)C[C@@H]4c2ccccc2OCCc2ccc3c(c2)CCO3)cc1OC. The van der Waals surface area contributed by atoms with Gasteiger partial charge >= 0.3 is 5.97 Å². The molecule has 0 saturated carbocycles. The molecule has 7 rings (SSSR count). The van der Waals surface area contributed by atoms with Crippen molar-refractivity contribution in [3.8, 4) is 45.6 Å². The van der Waals surface area contributed by atoms with Crippen molar-refractivity contribution in [1.82, 2.24) is 0 Å². The first-order chi connectivity index (χ1) is 21.9. The number of carbonyl (C=O) groups is 1. The molecule has 1 aromatic heterocycles. The number of aromatic hydroxyl groups is 1. The van der Waals surface area contributed by atoms with E-state index < -0.39 is 17.3 Å². The Labute approximate surface area is 258 Å². The van der Waals surface area contributed by atoms with Crippen LogP contribution in [0.2, 0.25) is 0 Å². The molecular weight excluding hydrogens is 576 g/mol. The van der Waals surface area contributed by atoms with Crippen molar-refractivity contribution < 1.29 is 38.0 Å². The predicted octanol–water partition coefficient (Wildman–Crippen LogP) is 6.18. The molecule has 0 fully saturated rings. The molecule has 2 aliphatic rings. The van der Waals surface area contributed by atoms with Gasteiger partial charge in [-0.3, -0.25) is 9.59 Å². The highest BCUT2D eigenvalue weighted by Gasteiger charge is 2.35. The lowest BCUT2D eigenvalue weighted by molar-refractivity contribution is -0.135. The maximum absolute atomic E-state index is 13.9. The summed E-state index contributed by atoms with van der Waals surface area (Å²) < 4.78 is 34.3. The highest BCUT2D eigenvalue weighted by Crippen LogP contribution is 2.47. The molecule has 2 aliphatic heterocycles. The van der Waals surface area contributed by atoms with Crippen molar-refractivity contribution in [1.29, 1.82) is 0 Å². The molecule has 228 valence electrons. The largest absolute Gasteiger partial charge is 0.507 e. The van der Waals surface area contributed by atoms with Gasteiger partial charge in [-0.25, -0.2) is 0 Å². The number of phenols is 1. The van der Waals surface area contributed by atoms with E-state index in [1.165, 1.54) is 32.1 Å². The molecule has 0 spiro atoms. The number of hydrogen-bond donors (Lipinski definition) is 1. The van der Waals surface area contributed by atoms with Crippen LogP contribution in [-0.4, -0.2) is 38.5 Å². The summed E-state index contributed by atoms with van der Waals surface area (Å²) in [6, 6.07) is 20.1. The molecule has 9 heteroatoms. The molecular formula is C36H30O9. The molecule has 0 saturated heterocycles. The van der Waals surface area contributed by atoms with Crippen LogP contribution in [0.3, 0.4) is 0 Å². The molecule has 0 unspecified atom stereocenters. The number of para-hydroxylation sites is 1. The zero-order chi connectivity index (χ0) is 31.1. The number of fused-ring (bicyclic) bond motifs is 4. The summed E-state index contributed by atoms with van der Waals surface area (Å²) in [5.74, 6) is 1.27. The molecule has 5 aromatic rings. The number of carbonyl (C=O) groups excluding carboxylic acids is 1. The molecule has 3 heterocycles. The molecule has 1 N–H and O–H groups in total. The molecule has 0 radical (unpaired) electrons. The summed E-state index contributed by atoms with van der Waals surface area (Å²) in [6.07, 6.45) is 2.94. The van der Waals surface area contributed by atoms with Crippen LogP contribution in [0.4, 0.5) is 0 Å². The Morgan fingerprint density at radius 3 is 2.60 bits per heavy atom. The average Bonchev–Trinajstić information content (AvgIpc) is 3.52. The Morgan fingerprint density at radius 1 is 0.911 bits per heavy atom. The lowest BCUT2D eigenvalue weighted by Crippen LogP contribution is -2.22. The Morgan fingerprint density at radius 2 is 1.76 bits per heavy atom. The first-order valence-electron chi connectivity index (χ1n) is 14.7. The second-order valence-corrected chi connectivity index (χ2v) is 11.0. The smallest absolute Gasteiger partial charge is 0.312 e. The van der Waals surface area contributed by atoms with Crippen molar-refractivity contribution in [2.24, 2.45) is 0 Å². The second-order valence-electron chi connectivity index (χ2n) is 11.0. The molecule has 0 aliphatic carbocycles. The third-order valence-corrected chi connectivity index (χ3v) is 8.36. The highest BCUT2D eigenvalue weighted by atomic mass is 16.5. The van der Waals surface area contributed by atoms with E-state index in [9.17, 15) is 14.7 Å². The van der Waals surface area contributed by atoms with Crippen molar-refractivity contribution in [3.63, 3.8) is 0 Å². The van der Waals surface area contributed by atoms with Crippen molar-refractivity contribution in [3.05, 3.63) is 105 Å². The first-order valence-corrected chi connectivity index (χ1v) is 14.7. The van der Waals surface area contributed by atoms with Crippen LogP contribution >= 0.6 is 0 Å². The average molecular weight is 607 g/mol. The molecule has 9 nitrogen and oxygen atoms in total. The van der Waals surface area contributed by atoms with E-state index in [0.717, 1.165) is 23.3 Å². The normalized spacial score (nSPS) is 15.2. The molecule has 0 bridgehead atoms. The van der Waals surface area contributed by atoms with E-state index in [0.29, 0.717) is 48.0 Å². The fourth-order valence-corrected chi connectivity index (χ4v) is 6.17. The van der Waals surface area contributed by atoms with Gasteiger partial charge in [0.1, 0.15) is 40.2 Å². The topological polar surface area (TPSA) is 114 Å². The zero-order valence-corrected chi connectivity index (χ0v) is 24.8. The van der Waals surface area contributed by atoms with Gasteiger partial charge in [-0.1, -0.05) is 36.4 Å². The zero-order valence-electron chi connectivity index (χ0n) is 24.8. The number of rotatable bonds is 8. The number of methoxy groups -OCH3 is 2. The van der Waals surface area contributed by atoms with E-state index in [4.69, 9.17) is 28.1 Å². The fraction of sp³-hybridized carbons (Fsp3) is 0.222. The van der Waals surface area contributed by atoms with E-state index in [1.54, 1.807) is 18.2 Å². The number of ether oxygens (including phenoxy) is 5. The Balaban J connectivity index is 1.26. The Kier molecular flexibility index (Phi) is 7.29. The Hall–Kier alpha value is -5.44. The number of benzene rings is 4. The van der Waals surface area contributed by atoms with E-state index in [-0.39, 0.29) is 34.5 Å². The van der Waals surface area contributed by atoms with E-state index in [2.05, 4.69) is 6.07 Å². The van der Waals surface area contributed by atoms with Gasteiger partial charge in [0.05, 0.1) is 39.4 Å². The van der Waals surface area contributed by atoms with Crippen LogP contribution in [-0.2, 0) is 17.6 Å². The van der Waals surface area contributed by atoms with Gasteiger partial charge in [0.2, 0.25) is 5.43 Å². The van der Waals surface area contributed by atoms with Gasteiger partial charge in [-0.15, -0.1) is 0 Å². The summed E-state index contributed by atoms with van der Waals surface area (Å²) in [7, 11) is 3.04. The van der Waals surface area contributed by atoms with Crippen LogP contribution < -0.4 is 29.1 Å². The van der Waals surface area contributed by atoms with Crippen molar-refractivity contribution in [2.75, 3.05) is 27.4 Å². The monoisotopic (exact) mass is 606 g/mol. The van der Waals surface area contributed by atoms with Crippen molar-refractivity contribution >= 4 is 16.9 Å². The van der Waals surface area contributed by atoms with Crippen LogP contribution in [0.1, 0.15) is 34.6 Å². The maximum atomic E-state index is 13.9. The predicted molar refractivity (Wildman–Crippen MR) is 166 cm³/mol. The number of esters is 1. The number of hydrogen-bond acceptors (Lipinski definition) is 9. The van der Waals surface area contributed by atoms with E-state index >= 15 is 0 Å². The molecule has 0 amide bonds. The van der Waals surface area contributed by atoms with Crippen LogP contribution in [0, 0.1) is 0 Å². The van der Waals surface area contributed by atoms with Gasteiger partial charge in [-0.05, 0) is 41.0 Å². The summed E-state index contributed by atoms with van der Waals surface area (Å²) >= 11 is 0. The lowest BCUT2D eigenvalue weighted by Gasteiger charge is -2.27. The standard InChI is InChI=1S/C36H30O9/c1-40-29-10-8-21(16-30(29)41-2)25-19-44-36-33-24(17-32(38)45-31(33)18-26(37)34(36)35(25)39)23-5-3-4-6-28(23)43-13-11-20-7-9-27-22(15-20)12-14-42-27/h3-10,15-16,18-19,24,37H,11-14,17H2,1-2H3/t24-/m1/s1.